The molecular formula is C11H20N2. The van der Waals surface area contributed by atoms with Gasteiger partial charge in [-0.25, -0.2) is 0 Å². The first-order valence-electron chi connectivity index (χ1n) is 5.36. The highest BCUT2D eigenvalue weighted by Crippen LogP contribution is 2.18. The minimum atomic E-state index is 0.914. The largest absolute Gasteiger partial charge is 0.309 e. The first-order valence-corrected chi connectivity index (χ1v) is 5.36. The monoisotopic (exact) mass is 180 g/mol. The molecule has 2 aliphatic rings. The number of nitrogens with zero attached hydrogens (tertiary/aromatic N) is 1. The predicted molar refractivity (Wildman–Crippen MR) is 55.8 cm³/mol. The molecule has 1 unspecified atom stereocenters. The van der Waals surface area contributed by atoms with Gasteiger partial charge in [0.05, 0.1) is 0 Å². The van der Waals surface area contributed by atoms with Gasteiger partial charge < -0.3 is 5.32 Å². The standard InChI is InChI=1S/C11H20N2/c1-9-3-4-13(7-9)8-10(2)11-5-12-6-11/h9,12H,3-8H2,1-2H3. The molecule has 0 bridgehead atoms. The van der Waals surface area contributed by atoms with Gasteiger partial charge in [0.1, 0.15) is 0 Å². The Labute approximate surface area is 81.0 Å². The van der Waals surface area contributed by atoms with Gasteiger partial charge in [-0.1, -0.05) is 12.5 Å². The zero-order chi connectivity index (χ0) is 9.26. The van der Waals surface area contributed by atoms with Crippen LogP contribution in [0.1, 0.15) is 20.3 Å². The Hall–Kier alpha value is -0.340. The molecular weight excluding hydrogens is 160 g/mol. The summed E-state index contributed by atoms with van der Waals surface area (Å²) < 4.78 is 0. The van der Waals surface area contributed by atoms with E-state index in [0.717, 1.165) is 19.0 Å². The molecule has 13 heavy (non-hydrogen) atoms. The lowest BCUT2D eigenvalue weighted by molar-refractivity contribution is 0.353. The van der Waals surface area contributed by atoms with Crippen molar-refractivity contribution in [3.8, 4) is 0 Å². The maximum Gasteiger partial charge on any atom is 0.0193 e. The van der Waals surface area contributed by atoms with Crippen LogP contribution in [0.2, 0.25) is 0 Å². The SMILES string of the molecule is CC(CN1CCC(C)C1)=C1CNC1. The molecule has 2 nitrogen and oxygen atoms in total. The smallest absolute Gasteiger partial charge is 0.0193 e. The molecule has 2 heterocycles. The molecule has 2 saturated heterocycles. The maximum atomic E-state index is 3.30. The Kier molecular flexibility index (Phi) is 2.70. The molecule has 0 aliphatic carbocycles. The summed E-state index contributed by atoms with van der Waals surface area (Å²) in [6.07, 6.45) is 1.39. The Balaban J connectivity index is 1.84. The zero-order valence-corrected chi connectivity index (χ0v) is 8.77. The Morgan fingerprint density at radius 1 is 1.54 bits per heavy atom. The van der Waals surface area contributed by atoms with Crippen LogP contribution < -0.4 is 5.32 Å². The molecule has 2 heteroatoms. The van der Waals surface area contributed by atoms with Crippen molar-refractivity contribution in [1.82, 2.24) is 10.2 Å². The number of hydrogen-bond donors (Lipinski definition) is 1. The van der Waals surface area contributed by atoms with Crippen LogP contribution in [-0.4, -0.2) is 37.6 Å². The van der Waals surface area contributed by atoms with Crippen molar-refractivity contribution < 1.29 is 0 Å². The normalized spacial score (nSPS) is 29.1. The summed E-state index contributed by atoms with van der Waals surface area (Å²) in [5.41, 5.74) is 3.24. The van der Waals surface area contributed by atoms with E-state index >= 15 is 0 Å². The van der Waals surface area contributed by atoms with Crippen molar-refractivity contribution in [1.29, 1.82) is 0 Å². The van der Waals surface area contributed by atoms with Crippen LogP contribution in [0, 0.1) is 5.92 Å². The predicted octanol–water partition coefficient (Wildman–Crippen LogP) is 1.25. The van der Waals surface area contributed by atoms with E-state index in [-0.39, 0.29) is 0 Å². The molecule has 1 N–H and O–H groups in total. The van der Waals surface area contributed by atoms with E-state index in [4.69, 9.17) is 0 Å². The third kappa shape index (κ3) is 2.12. The molecule has 0 aromatic heterocycles. The average Bonchev–Trinajstić information content (AvgIpc) is 2.31. The summed E-state index contributed by atoms with van der Waals surface area (Å²) >= 11 is 0. The van der Waals surface area contributed by atoms with E-state index in [1.807, 2.05) is 0 Å². The fourth-order valence-corrected chi connectivity index (χ4v) is 2.17. The lowest BCUT2D eigenvalue weighted by Gasteiger charge is -2.24. The number of hydrogen-bond acceptors (Lipinski definition) is 2. The molecule has 2 aliphatic heterocycles. The van der Waals surface area contributed by atoms with Gasteiger partial charge in [0.2, 0.25) is 0 Å². The van der Waals surface area contributed by atoms with E-state index < -0.39 is 0 Å². The molecule has 74 valence electrons. The van der Waals surface area contributed by atoms with Crippen molar-refractivity contribution in [2.75, 3.05) is 32.7 Å². The minimum Gasteiger partial charge on any atom is -0.309 e. The van der Waals surface area contributed by atoms with Crippen LogP contribution in [0.5, 0.6) is 0 Å². The molecule has 0 spiro atoms. The molecule has 0 amide bonds. The fraction of sp³-hybridized carbons (Fsp3) is 0.818. The molecule has 2 rings (SSSR count). The van der Waals surface area contributed by atoms with Gasteiger partial charge >= 0.3 is 0 Å². The van der Waals surface area contributed by atoms with Gasteiger partial charge in [-0.3, -0.25) is 4.90 Å². The van der Waals surface area contributed by atoms with Gasteiger partial charge in [0.15, 0.2) is 0 Å². The molecule has 0 saturated carbocycles. The van der Waals surface area contributed by atoms with Crippen molar-refractivity contribution in [3.63, 3.8) is 0 Å². The topological polar surface area (TPSA) is 15.3 Å². The van der Waals surface area contributed by atoms with Crippen molar-refractivity contribution in [2.45, 2.75) is 20.3 Å². The summed E-state index contributed by atoms with van der Waals surface area (Å²) in [5.74, 6) is 0.914. The van der Waals surface area contributed by atoms with Crippen LogP contribution >= 0.6 is 0 Å². The summed E-state index contributed by atoms with van der Waals surface area (Å²) in [5, 5.41) is 3.30. The highest BCUT2D eigenvalue weighted by atomic mass is 15.1. The minimum absolute atomic E-state index is 0.914. The molecule has 0 radical (unpaired) electrons. The first kappa shape index (κ1) is 9.22. The molecule has 0 aromatic rings. The maximum absolute atomic E-state index is 3.30. The quantitative estimate of drug-likeness (QED) is 0.643. The van der Waals surface area contributed by atoms with Crippen LogP contribution in [0.3, 0.4) is 0 Å². The van der Waals surface area contributed by atoms with Crippen LogP contribution in [0.4, 0.5) is 0 Å². The first-order chi connectivity index (χ1) is 6.25. The van der Waals surface area contributed by atoms with Gasteiger partial charge in [-0.05, 0) is 31.4 Å². The Morgan fingerprint density at radius 3 is 2.77 bits per heavy atom. The van der Waals surface area contributed by atoms with E-state index in [1.165, 1.54) is 26.1 Å². The Morgan fingerprint density at radius 2 is 2.31 bits per heavy atom. The molecule has 0 aromatic carbocycles. The van der Waals surface area contributed by atoms with E-state index in [9.17, 15) is 0 Å². The average molecular weight is 180 g/mol. The number of nitrogens with one attached hydrogen (secondary N) is 1. The lowest BCUT2D eigenvalue weighted by Crippen LogP contribution is -2.36. The second-order valence-corrected chi connectivity index (χ2v) is 4.62. The highest BCUT2D eigenvalue weighted by Gasteiger charge is 2.20. The van der Waals surface area contributed by atoms with Crippen molar-refractivity contribution in [2.24, 2.45) is 5.92 Å². The fourth-order valence-electron chi connectivity index (χ4n) is 2.17. The van der Waals surface area contributed by atoms with Gasteiger partial charge in [0.25, 0.3) is 0 Å². The number of likely N-dealkylation sites (tertiary alicyclic amines) is 1. The van der Waals surface area contributed by atoms with Gasteiger partial charge in [0, 0.05) is 26.2 Å². The second-order valence-electron chi connectivity index (χ2n) is 4.62. The van der Waals surface area contributed by atoms with E-state index in [2.05, 4.69) is 24.1 Å². The van der Waals surface area contributed by atoms with Gasteiger partial charge in [-0.2, -0.15) is 0 Å². The van der Waals surface area contributed by atoms with Crippen molar-refractivity contribution in [3.05, 3.63) is 11.1 Å². The van der Waals surface area contributed by atoms with E-state index in [1.54, 1.807) is 11.1 Å². The summed E-state index contributed by atoms with van der Waals surface area (Å²) in [7, 11) is 0. The summed E-state index contributed by atoms with van der Waals surface area (Å²) in [6, 6.07) is 0. The Bertz CT molecular complexity index is 214. The molecule has 2 fully saturated rings. The molecule has 1 atom stereocenters. The third-order valence-electron chi connectivity index (χ3n) is 3.25. The second kappa shape index (κ2) is 3.81. The van der Waals surface area contributed by atoms with Crippen molar-refractivity contribution >= 4 is 0 Å². The summed E-state index contributed by atoms with van der Waals surface area (Å²) in [6.45, 7) is 10.7. The number of rotatable bonds is 2. The van der Waals surface area contributed by atoms with Crippen LogP contribution in [0.25, 0.3) is 0 Å². The summed E-state index contributed by atoms with van der Waals surface area (Å²) in [4.78, 5) is 2.59. The highest BCUT2D eigenvalue weighted by molar-refractivity contribution is 5.22. The van der Waals surface area contributed by atoms with Gasteiger partial charge in [-0.15, -0.1) is 0 Å². The zero-order valence-electron chi connectivity index (χ0n) is 8.77. The van der Waals surface area contributed by atoms with E-state index in [0.29, 0.717) is 0 Å². The third-order valence-corrected chi connectivity index (χ3v) is 3.25. The van der Waals surface area contributed by atoms with Crippen LogP contribution in [0.15, 0.2) is 11.1 Å². The lowest BCUT2D eigenvalue weighted by atomic mass is 10.0. The van der Waals surface area contributed by atoms with Crippen LogP contribution in [-0.2, 0) is 0 Å².